The largest absolute Gasteiger partial charge is 0.469 e. The van der Waals surface area contributed by atoms with Gasteiger partial charge >= 0.3 is 5.97 Å². The topological polar surface area (TPSA) is 113 Å². The fraction of sp³-hybridized carbons (Fsp3) is 0.562. The number of methoxy groups -OCH3 is 1. The van der Waals surface area contributed by atoms with E-state index in [0.717, 1.165) is 4.31 Å². The van der Waals surface area contributed by atoms with Crippen molar-refractivity contribution in [1.82, 2.24) is 4.31 Å². The molecule has 1 rings (SSSR count). The molecule has 8 nitrogen and oxygen atoms in total. The van der Waals surface area contributed by atoms with Gasteiger partial charge in [-0.3, -0.25) is 4.79 Å². The van der Waals surface area contributed by atoms with Crippen LogP contribution in [0, 0.1) is 4.91 Å². The number of esters is 1. The fourth-order valence-corrected chi connectivity index (χ4v) is 3.84. The van der Waals surface area contributed by atoms with Gasteiger partial charge in [-0.2, -0.15) is 4.31 Å². The second-order valence-electron chi connectivity index (χ2n) is 5.57. The van der Waals surface area contributed by atoms with E-state index in [1.807, 2.05) is 0 Å². The lowest BCUT2D eigenvalue weighted by Crippen LogP contribution is -2.38. The Morgan fingerprint density at radius 3 is 2.52 bits per heavy atom. The Kier molecular flexibility index (Phi) is 9.25. The number of nitroso groups, excluding NO2 is 1. The molecule has 0 bridgehead atoms. The monoisotopic (exact) mass is 372 g/mol. The second-order valence-corrected chi connectivity index (χ2v) is 7.54. The molecule has 25 heavy (non-hydrogen) atoms. The molecule has 9 heteroatoms. The van der Waals surface area contributed by atoms with E-state index in [4.69, 9.17) is 0 Å². The third kappa shape index (κ3) is 8.19. The molecule has 0 saturated carbocycles. The Morgan fingerprint density at radius 2 is 1.92 bits per heavy atom. The van der Waals surface area contributed by atoms with Crippen LogP contribution in [0.15, 0.2) is 35.5 Å². The lowest BCUT2D eigenvalue weighted by Gasteiger charge is -2.22. The number of aliphatic hydroxyl groups is 1. The van der Waals surface area contributed by atoms with Gasteiger partial charge in [0.05, 0.1) is 19.4 Å². The third-order valence-electron chi connectivity index (χ3n) is 3.59. The van der Waals surface area contributed by atoms with Crippen LogP contribution in [0.25, 0.3) is 0 Å². The van der Waals surface area contributed by atoms with Crippen LogP contribution in [0.3, 0.4) is 0 Å². The highest BCUT2D eigenvalue weighted by molar-refractivity contribution is 7.88. The maximum absolute atomic E-state index is 12.6. The van der Waals surface area contributed by atoms with Gasteiger partial charge < -0.3 is 9.84 Å². The Hall–Kier alpha value is -1.84. The first-order valence-electron chi connectivity index (χ1n) is 7.98. The quantitative estimate of drug-likeness (QED) is 0.339. The standard InChI is InChI=1S/C16H24N2O6S/c1-24-16(20)10-6-3-7-11-18(12-15(19)17-21)25(22,23)13-14-8-4-2-5-9-14/h2,4-5,8-9,15,19H,3,6-7,10-13H2,1H3. The van der Waals surface area contributed by atoms with Crippen LogP contribution in [0.4, 0.5) is 0 Å². The molecule has 1 unspecified atom stereocenters. The summed E-state index contributed by atoms with van der Waals surface area (Å²) in [5.41, 5.74) is 0.617. The fourth-order valence-electron chi connectivity index (χ4n) is 2.27. The Bertz CT molecular complexity index is 635. The number of rotatable bonds is 12. The maximum Gasteiger partial charge on any atom is 0.305 e. The van der Waals surface area contributed by atoms with Crippen LogP contribution in [0.1, 0.15) is 31.2 Å². The molecule has 1 aromatic rings. The molecule has 0 amide bonds. The lowest BCUT2D eigenvalue weighted by molar-refractivity contribution is -0.140. The zero-order valence-electron chi connectivity index (χ0n) is 14.2. The summed E-state index contributed by atoms with van der Waals surface area (Å²) in [6, 6.07) is 8.66. The SMILES string of the molecule is COC(=O)CCCCCN(CC(O)N=O)S(=O)(=O)Cc1ccccc1. The van der Waals surface area contributed by atoms with Gasteiger partial charge in [-0.1, -0.05) is 36.8 Å². The van der Waals surface area contributed by atoms with Crippen molar-refractivity contribution in [1.29, 1.82) is 0 Å². The van der Waals surface area contributed by atoms with E-state index < -0.39 is 16.3 Å². The van der Waals surface area contributed by atoms with Gasteiger partial charge in [0.15, 0.2) is 0 Å². The number of unbranched alkanes of at least 4 members (excludes halogenated alkanes) is 2. The number of ether oxygens (including phenoxy) is 1. The van der Waals surface area contributed by atoms with Crippen LogP contribution < -0.4 is 0 Å². The molecule has 0 saturated heterocycles. The summed E-state index contributed by atoms with van der Waals surface area (Å²) >= 11 is 0. The number of nitrogens with zero attached hydrogens (tertiary/aromatic N) is 2. The van der Waals surface area contributed by atoms with Gasteiger partial charge in [0, 0.05) is 13.0 Å². The van der Waals surface area contributed by atoms with Crippen molar-refractivity contribution in [3.8, 4) is 0 Å². The third-order valence-corrected chi connectivity index (χ3v) is 5.41. The second kappa shape index (κ2) is 10.9. The van der Waals surface area contributed by atoms with Crippen molar-refractivity contribution in [3.05, 3.63) is 40.8 Å². The summed E-state index contributed by atoms with van der Waals surface area (Å²) in [6.07, 6.45) is 0.355. The molecule has 0 aliphatic rings. The number of aliphatic hydroxyl groups excluding tert-OH is 1. The first kappa shape index (κ1) is 21.2. The van der Waals surface area contributed by atoms with Crippen molar-refractivity contribution in [2.75, 3.05) is 20.2 Å². The number of benzene rings is 1. The van der Waals surface area contributed by atoms with Crippen LogP contribution in [-0.4, -0.2) is 50.2 Å². The summed E-state index contributed by atoms with van der Waals surface area (Å²) in [7, 11) is -2.39. The van der Waals surface area contributed by atoms with Crippen LogP contribution in [0.5, 0.6) is 0 Å². The summed E-state index contributed by atoms with van der Waals surface area (Å²) < 4.78 is 30.7. The van der Waals surface area contributed by atoms with Crippen LogP contribution in [-0.2, 0) is 25.3 Å². The minimum Gasteiger partial charge on any atom is -0.469 e. The summed E-state index contributed by atoms with van der Waals surface area (Å²) in [5.74, 6) is -0.532. The van der Waals surface area contributed by atoms with E-state index in [1.54, 1.807) is 30.3 Å². The molecule has 1 aromatic carbocycles. The molecule has 1 atom stereocenters. The smallest absolute Gasteiger partial charge is 0.305 e. The first-order chi connectivity index (χ1) is 11.9. The highest BCUT2D eigenvalue weighted by Crippen LogP contribution is 2.14. The number of sulfonamides is 1. The van der Waals surface area contributed by atoms with Gasteiger partial charge in [0.2, 0.25) is 16.3 Å². The molecule has 0 spiro atoms. The highest BCUT2D eigenvalue weighted by atomic mass is 32.2. The van der Waals surface area contributed by atoms with Gasteiger partial charge in [0.25, 0.3) is 0 Å². The highest BCUT2D eigenvalue weighted by Gasteiger charge is 2.25. The predicted octanol–water partition coefficient (Wildman–Crippen LogP) is 1.64. The molecule has 0 radical (unpaired) electrons. The van der Waals surface area contributed by atoms with Crippen LogP contribution >= 0.6 is 0 Å². The Balaban J connectivity index is 2.65. The molecule has 140 valence electrons. The van der Waals surface area contributed by atoms with Gasteiger partial charge in [0.1, 0.15) is 0 Å². The molecular weight excluding hydrogens is 348 g/mol. The van der Waals surface area contributed by atoms with E-state index in [9.17, 15) is 23.2 Å². The van der Waals surface area contributed by atoms with Gasteiger partial charge in [-0.15, -0.1) is 4.91 Å². The van der Waals surface area contributed by atoms with E-state index in [2.05, 4.69) is 9.91 Å². The maximum atomic E-state index is 12.6. The molecule has 0 aliphatic heterocycles. The zero-order valence-corrected chi connectivity index (χ0v) is 15.0. The number of carbonyl (C=O) groups is 1. The average Bonchev–Trinajstić information content (AvgIpc) is 2.60. The lowest BCUT2D eigenvalue weighted by atomic mass is 10.2. The summed E-state index contributed by atoms with van der Waals surface area (Å²) in [5, 5.41) is 11.9. The molecule has 0 aromatic heterocycles. The van der Waals surface area contributed by atoms with E-state index in [0.29, 0.717) is 24.8 Å². The average molecular weight is 372 g/mol. The molecular formula is C16H24N2O6S. The van der Waals surface area contributed by atoms with Crippen molar-refractivity contribution < 1.29 is 23.1 Å². The normalized spacial score (nSPS) is 12.8. The molecule has 0 heterocycles. The Labute approximate surface area is 147 Å². The van der Waals surface area contributed by atoms with E-state index in [-0.39, 0.29) is 31.2 Å². The summed E-state index contributed by atoms with van der Waals surface area (Å²) in [4.78, 5) is 21.5. The van der Waals surface area contributed by atoms with Crippen molar-refractivity contribution >= 4 is 16.0 Å². The Morgan fingerprint density at radius 1 is 1.24 bits per heavy atom. The number of hydrogen-bond donors (Lipinski definition) is 1. The van der Waals surface area contributed by atoms with E-state index in [1.165, 1.54) is 7.11 Å². The molecule has 0 aliphatic carbocycles. The predicted molar refractivity (Wildman–Crippen MR) is 92.9 cm³/mol. The van der Waals surface area contributed by atoms with Crippen molar-refractivity contribution in [2.24, 2.45) is 5.18 Å². The molecule has 0 fully saturated rings. The minimum absolute atomic E-state index is 0.142. The summed E-state index contributed by atoms with van der Waals surface area (Å²) in [6.45, 7) is -0.238. The van der Waals surface area contributed by atoms with Crippen molar-refractivity contribution in [3.63, 3.8) is 0 Å². The van der Waals surface area contributed by atoms with Crippen LogP contribution in [0.2, 0.25) is 0 Å². The zero-order chi connectivity index (χ0) is 18.7. The minimum atomic E-state index is -3.71. The van der Waals surface area contributed by atoms with Crippen molar-refractivity contribution in [2.45, 2.75) is 37.7 Å². The number of carbonyl (C=O) groups excluding carboxylic acids is 1. The number of hydrogen-bond acceptors (Lipinski definition) is 7. The first-order valence-corrected chi connectivity index (χ1v) is 9.59. The van der Waals surface area contributed by atoms with Gasteiger partial charge in [-0.25, -0.2) is 8.42 Å². The molecule has 1 N–H and O–H groups in total. The van der Waals surface area contributed by atoms with E-state index >= 15 is 0 Å². The van der Waals surface area contributed by atoms with Gasteiger partial charge in [-0.05, 0) is 23.6 Å².